The fourth-order valence-electron chi connectivity index (χ4n) is 1.10. The molecule has 0 unspecified atom stereocenters. The van der Waals surface area contributed by atoms with Crippen LogP contribution in [0.1, 0.15) is 0 Å². The Labute approximate surface area is 94.3 Å². The number of carbonyl (C=O) groups is 1. The van der Waals surface area contributed by atoms with Gasteiger partial charge in [0, 0.05) is 12.7 Å². The van der Waals surface area contributed by atoms with Crippen molar-refractivity contribution in [2.75, 3.05) is 32.2 Å². The van der Waals surface area contributed by atoms with Gasteiger partial charge in [-0.25, -0.2) is 4.98 Å². The molecule has 0 bridgehead atoms. The summed E-state index contributed by atoms with van der Waals surface area (Å²) >= 11 is 0. The number of anilines is 1. The van der Waals surface area contributed by atoms with Crippen molar-refractivity contribution < 1.29 is 9.90 Å². The first kappa shape index (κ1) is 12.4. The summed E-state index contributed by atoms with van der Waals surface area (Å²) in [6.45, 7) is 0.731. The number of likely N-dealkylation sites (N-methyl/N-ethyl adjacent to an activating group) is 1. The molecule has 0 atom stereocenters. The molecule has 1 heterocycles. The number of carbonyl (C=O) groups excluding carboxylic acids is 1. The highest BCUT2D eigenvalue weighted by Gasteiger charge is 2.04. The molecule has 0 aliphatic rings. The lowest BCUT2D eigenvalue weighted by molar-refractivity contribution is -0.121. The zero-order valence-electron chi connectivity index (χ0n) is 9.18. The molecular weight excluding hydrogens is 208 g/mol. The minimum atomic E-state index is -0.179. The van der Waals surface area contributed by atoms with E-state index in [1.54, 1.807) is 30.3 Å². The fraction of sp³-hybridized carbons (Fsp3) is 0.400. The van der Waals surface area contributed by atoms with Crippen LogP contribution in [-0.2, 0) is 4.79 Å². The normalized spacial score (nSPS) is 10.2. The molecular formula is C10H16N4O2. The zero-order chi connectivity index (χ0) is 11.8. The molecule has 0 aromatic carbocycles. The van der Waals surface area contributed by atoms with E-state index >= 15 is 0 Å². The lowest BCUT2D eigenvalue weighted by atomic mass is 10.5. The van der Waals surface area contributed by atoms with E-state index in [0.717, 1.165) is 0 Å². The Morgan fingerprint density at radius 1 is 1.56 bits per heavy atom. The number of rotatable bonds is 6. The minimum absolute atomic E-state index is 0.0391. The highest BCUT2D eigenvalue weighted by molar-refractivity contribution is 5.79. The molecule has 0 fully saturated rings. The molecule has 88 valence electrons. The van der Waals surface area contributed by atoms with Crippen LogP contribution >= 0.6 is 0 Å². The fourth-order valence-corrected chi connectivity index (χ4v) is 1.10. The molecule has 1 amide bonds. The third kappa shape index (κ3) is 4.72. The summed E-state index contributed by atoms with van der Waals surface area (Å²) in [5.41, 5.74) is 5.21. The summed E-state index contributed by atoms with van der Waals surface area (Å²) in [6, 6.07) is 5.36. The Morgan fingerprint density at radius 3 is 3.00 bits per heavy atom. The summed E-state index contributed by atoms with van der Waals surface area (Å²) in [6.07, 6.45) is 1.63. The van der Waals surface area contributed by atoms with Crippen LogP contribution in [0.4, 0.5) is 5.82 Å². The van der Waals surface area contributed by atoms with E-state index < -0.39 is 0 Å². The number of nitrogens with zero attached hydrogens (tertiary/aromatic N) is 2. The van der Waals surface area contributed by atoms with Gasteiger partial charge in [0.15, 0.2) is 0 Å². The molecule has 6 heteroatoms. The van der Waals surface area contributed by atoms with Crippen molar-refractivity contribution in [1.29, 1.82) is 0 Å². The molecule has 0 saturated heterocycles. The van der Waals surface area contributed by atoms with Gasteiger partial charge in [-0.05, 0) is 19.2 Å². The molecule has 1 aromatic heterocycles. The van der Waals surface area contributed by atoms with Crippen LogP contribution in [0, 0.1) is 0 Å². The van der Waals surface area contributed by atoms with Gasteiger partial charge in [0.2, 0.25) is 0 Å². The maximum atomic E-state index is 11.4. The number of aromatic nitrogens is 1. The third-order valence-corrected chi connectivity index (χ3v) is 1.89. The average molecular weight is 224 g/mol. The molecule has 16 heavy (non-hydrogen) atoms. The van der Waals surface area contributed by atoms with E-state index in [2.05, 4.69) is 15.8 Å². The van der Waals surface area contributed by atoms with Gasteiger partial charge < -0.3 is 5.11 Å². The topological polar surface area (TPSA) is 77.5 Å². The van der Waals surface area contributed by atoms with Crippen LogP contribution in [-0.4, -0.2) is 47.6 Å². The molecule has 3 N–H and O–H groups in total. The van der Waals surface area contributed by atoms with Crippen molar-refractivity contribution >= 4 is 11.7 Å². The average Bonchev–Trinajstić information content (AvgIpc) is 2.28. The quantitative estimate of drug-likeness (QED) is 0.565. The predicted molar refractivity (Wildman–Crippen MR) is 60.6 cm³/mol. The Bertz CT molecular complexity index is 318. The number of aliphatic hydroxyl groups excluding tert-OH is 1. The van der Waals surface area contributed by atoms with Crippen LogP contribution in [0.5, 0.6) is 0 Å². The van der Waals surface area contributed by atoms with E-state index in [-0.39, 0.29) is 19.1 Å². The van der Waals surface area contributed by atoms with Gasteiger partial charge in [0.25, 0.3) is 5.91 Å². The van der Waals surface area contributed by atoms with Gasteiger partial charge in [-0.2, -0.15) is 0 Å². The maximum absolute atomic E-state index is 11.4. The maximum Gasteiger partial charge on any atom is 0.252 e. The summed E-state index contributed by atoms with van der Waals surface area (Å²) in [4.78, 5) is 17.1. The van der Waals surface area contributed by atoms with E-state index in [4.69, 9.17) is 5.11 Å². The zero-order valence-corrected chi connectivity index (χ0v) is 9.18. The molecule has 6 nitrogen and oxygen atoms in total. The third-order valence-electron chi connectivity index (χ3n) is 1.89. The highest BCUT2D eigenvalue weighted by Crippen LogP contribution is 1.96. The Morgan fingerprint density at radius 2 is 2.38 bits per heavy atom. The van der Waals surface area contributed by atoms with Crippen molar-refractivity contribution in [2.45, 2.75) is 0 Å². The molecule has 0 spiro atoms. The number of aliphatic hydroxyl groups is 1. The van der Waals surface area contributed by atoms with Gasteiger partial charge in [-0.3, -0.25) is 20.5 Å². The van der Waals surface area contributed by atoms with Gasteiger partial charge in [-0.15, -0.1) is 0 Å². The van der Waals surface area contributed by atoms with E-state index in [9.17, 15) is 4.79 Å². The molecule has 1 aromatic rings. The Hall–Kier alpha value is -1.66. The first-order chi connectivity index (χ1) is 7.72. The molecule has 0 radical (unpaired) electrons. The first-order valence-corrected chi connectivity index (χ1v) is 4.97. The number of hydrazine groups is 1. The van der Waals surface area contributed by atoms with Crippen LogP contribution in [0.25, 0.3) is 0 Å². The molecule has 0 saturated carbocycles. The van der Waals surface area contributed by atoms with Crippen molar-refractivity contribution in [2.24, 2.45) is 0 Å². The summed E-state index contributed by atoms with van der Waals surface area (Å²) in [7, 11) is 1.76. The summed E-state index contributed by atoms with van der Waals surface area (Å²) in [5, 5.41) is 8.66. The van der Waals surface area contributed by atoms with Gasteiger partial charge in [-0.1, -0.05) is 6.07 Å². The molecule has 1 rings (SSSR count). The second-order valence-corrected chi connectivity index (χ2v) is 3.35. The molecule has 0 aliphatic carbocycles. The molecule has 0 aliphatic heterocycles. The van der Waals surface area contributed by atoms with Gasteiger partial charge >= 0.3 is 0 Å². The highest BCUT2D eigenvalue weighted by atomic mass is 16.3. The lowest BCUT2D eigenvalue weighted by Gasteiger charge is -2.14. The van der Waals surface area contributed by atoms with Crippen LogP contribution in [0.15, 0.2) is 24.4 Å². The predicted octanol–water partition coefficient (Wildman–Crippen LogP) is -0.551. The van der Waals surface area contributed by atoms with Crippen LogP contribution < -0.4 is 10.9 Å². The number of hydrogen-bond donors (Lipinski definition) is 3. The lowest BCUT2D eigenvalue weighted by Crippen LogP contribution is -2.39. The number of hydrogen-bond acceptors (Lipinski definition) is 5. The summed E-state index contributed by atoms with van der Waals surface area (Å²) in [5.74, 6) is 0.405. The van der Waals surface area contributed by atoms with E-state index in [0.29, 0.717) is 12.4 Å². The van der Waals surface area contributed by atoms with E-state index in [1.165, 1.54) is 0 Å². The van der Waals surface area contributed by atoms with Crippen molar-refractivity contribution in [3.05, 3.63) is 24.4 Å². The number of nitrogens with one attached hydrogen (secondary N) is 2. The van der Waals surface area contributed by atoms with Crippen molar-refractivity contribution in [1.82, 2.24) is 15.3 Å². The standard InChI is InChI=1S/C10H16N4O2/c1-14(6-7-15)8-10(16)13-12-9-4-2-3-5-11-9/h2-5,15H,6-8H2,1H3,(H,11,12)(H,13,16). The van der Waals surface area contributed by atoms with Crippen molar-refractivity contribution in [3.8, 4) is 0 Å². The van der Waals surface area contributed by atoms with Gasteiger partial charge in [0.05, 0.1) is 13.2 Å². The van der Waals surface area contributed by atoms with Crippen LogP contribution in [0.2, 0.25) is 0 Å². The minimum Gasteiger partial charge on any atom is -0.395 e. The first-order valence-electron chi connectivity index (χ1n) is 4.97. The van der Waals surface area contributed by atoms with Crippen molar-refractivity contribution in [3.63, 3.8) is 0 Å². The number of pyridine rings is 1. The smallest absolute Gasteiger partial charge is 0.252 e. The second-order valence-electron chi connectivity index (χ2n) is 3.35. The van der Waals surface area contributed by atoms with E-state index in [1.807, 2.05) is 6.07 Å². The Kier molecular flexibility index (Phi) is 5.24. The Balaban J connectivity index is 2.25. The second kappa shape index (κ2) is 6.76. The largest absolute Gasteiger partial charge is 0.395 e. The number of amides is 1. The monoisotopic (exact) mass is 224 g/mol. The summed E-state index contributed by atoms with van der Waals surface area (Å²) < 4.78 is 0. The SMILES string of the molecule is CN(CCO)CC(=O)NNc1ccccn1. The van der Waals surface area contributed by atoms with Crippen LogP contribution in [0.3, 0.4) is 0 Å². The van der Waals surface area contributed by atoms with Gasteiger partial charge in [0.1, 0.15) is 5.82 Å².